The van der Waals surface area contributed by atoms with Crippen molar-refractivity contribution in [1.82, 2.24) is 4.90 Å². The second-order valence-corrected chi connectivity index (χ2v) is 5.34. The monoisotopic (exact) mass is 255 g/mol. The highest BCUT2D eigenvalue weighted by Gasteiger charge is 2.53. The van der Waals surface area contributed by atoms with Crippen molar-refractivity contribution in [1.29, 1.82) is 0 Å². The number of hydrogen-bond donors (Lipinski definition) is 2. The molecule has 6 nitrogen and oxygen atoms in total. The van der Waals surface area contributed by atoms with Crippen LogP contribution in [-0.4, -0.2) is 48.2 Å². The van der Waals surface area contributed by atoms with E-state index in [0.717, 1.165) is 6.42 Å². The smallest absolute Gasteiger partial charge is 0.236 e. The third-order valence-corrected chi connectivity index (χ3v) is 3.91. The van der Waals surface area contributed by atoms with E-state index in [1.54, 1.807) is 4.90 Å². The molecule has 1 amide bonds. The van der Waals surface area contributed by atoms with Gasteiger partial charge in [0.1, 0.15) is 5.41 Å². The van der Waals surface area contributed by atoms with Gasteiger partial charge in [-0.25, -0.2) is 0 Å². The summed E-state index contributed by atoms with van der Waals surface area (Å²) in [5, 5.41) is 12.0. The van der Waals surface area contributed by atoms with E-state index < -0.39 is 5.41 Å². The predicted octanol–water partition coefficient (Wildman–Crippen LogP) is 0.398. The molecule has 0 aromatic rings. The van der Waals surface area contributed by atoms with Gasteiger partial charge in [-0.1, -0.05) is 12.1 Å². The first-order valence-electron chi connectivity index (χ1n) is 6.45. The van der Waals surface area contributed by atoms with Gasteiger partial charge >= 0.3 is 0 Å². The molecule has 3 N–H and O–H groups in total. The lowest BCUT2D eigenvalue weighted by atomic mass is 9.61. The van der Waals surface area contributed by atoms with Crippen LogP contribution in [0, 0.1) is 11.3 Å². The molecule has 6 heteroatoms. The third kappa shape index (κ3) is 2.16. The van der Waals surface area contributed by atoms with Crippen LogP contribution < -0.4 is 5.73 Å². The molecular weight excluding hydrogens is 234 g/mol. The maximum Gasteiger partial charge on any atom is 0.236 e. The number of nitrogens with zero attached hydrogens (tertiary/aromatic N) is 2. The average Bonchev–Trinajstić information content (AvgIpc) is 2.61. The average molecular weight is 255 g/mol. The van der Waals surface area contributed by atoms with E-state index in [2.05, 4.69) is 12.1 Å². The van der Waals surface area contributed by atoms with Gasteiger partial charge in [0.15, 0.2) is 5.84 Å². The van der Waals surface area contributed by atoms with Crippen LogP contribution in [0.3, 0.4) is 0 Å². The summed E-state index contributed by atoms with van der Waals surface area (Å²) >= 11 is 0. The highest BCUT2D eigenvalue weighted by atomic mass is 16.5. The van der Waals surface area contributed by atoms with Crippen LogP contribution in [-0.2, 0) is 9.53 Å². The zero-order valence-electron chi connectivity index (χ0n) is 10.8. The lowest BCUT2D eigenvalue weighted by Gasteiger charge is -2.46. The zero-order chi connectivity index (χ0) is 13.2. The summed E-state index contributed by atoms with van der Waals surface area (Å²) in [4.78, 5) is 14.4. The summed E-state index contributed by atoms with van der Waals surface area (Å²) < 4.78 is 5.34. The molecule has 2 rings (SSSR count). The Morgan fingerprint density at radius 1 is 1.44 bits per heavy atom. The zero-order valence-corrected chi connectivity index (χ0v) is 10.8. The molecule has 1 heterocycles. The molecule has 0 spiro atoms. The molecule has 0 aromatic carbocycles. The molecule has 0 bridgehead atoms. The molecule has 102 valence electrons. The number of nitrogens with two attached hydrogens (primary N) is 1. The largest absolute Gasteiger partial charge is 0.409 e. The number of rotatable bonds is 2. The molecular formula is C12H21N3O3. The van der Waals surface area contributed by atoms with Crippen molar-refractivity contribution in [2.75, 3.05) is 26.3 Å². The number of carbonyl (C=O) groups excluding carboxylic acids is 1. The first-order chi connectivity index (χ1) is 8.60. The fraction of sp³-hybridized carbons (Fsp3) is 0.833. The molecule has 2 aliphatic rings. The van der Waals surface area contributed by atoms with Crippen molar-refractivity contribution in [3.8, 4) is 0 Å². The second-order valence-electron chi connectivity index (χ2n) is 5.34. The third-order valence-electron chi connectivity index (χ3n) is 3.91. The number of ether oxygens (including phenoxy) is 1. The molecule has 1 saturated heterocycles. The summed E-state index contributed by atoms with van der Waals surface area (Å²) in [7, 11) is 0. The van der Waals surface area contributed by atoms with Crippen molar-refractivity contribution < 1.29 is 14.7 Å². The van der Waals surface area contributed by atoms with Crippen molar-refractivity contribution in [3.05, 3.63) is 0 Å². The van der Waals surface area contributed by atoms with E-state index in [1.807, 2.05) is 0 Å². The first kappa shape index (κ1) is 13.1. The second kappa shape index (κ2) is 5.14. The van der Waals surface area contributed by atoms with Crippen LogP contribution in [0.1, 0.15) is 26.2 Å². The van der Waals surface area contributed by atoms with Crippen molar-refractivity contribution in [2.45, 2.75) is 26.2 Å². The van der Waals surface area contributed by atoms with Crippen LogP contribution in [0.5, 0.6) is 0 Å². The fourth-order valence-electron chi connectivity index (χ4n) is 2.97. The molecule has 1 aliphatic heterocycles. The van der Waals surface area contributed by atoms with E-state index in [9.17, 15) is 4.79 Å². The molecule has 1 aliphatic carbocycles. The van der Waals surface area contributed by atoms with E-state index >= 15 is 0 Å². The van der Waals surface area contributed by atoms with Crippen LogP contribution in [0.2, 0.25) is 0 Å². The summed E-state index contributed by atoms with van der Waals surface area (Å²) in [6.45, 7) is 4.60. The first-order valence-corrected chi connectivity index (χ1v) is 6.45. The maximum absolute atomic E-state index is 12.6. The number of oxime groups is 1. The molecule has 0 atom stereocenters. The van der Waals surface area contributed by atoms with Crippen LogP contribution in [0.25, 0.3) is 0 Å². The molecule has 18 heavy (non-hydrogen) atoms. The van der Waals surface area contributed by atoms with Gasteiger partial charge in [0.2, 0.25) is 5.91 Å². The molecule has 2 fully saturated rings. The van der Waals surface area contributed by atoms with Crippen molar-refractivity contribution in [3.63, 3.8) is 0 Å². The minimum absolute atomic E-state index is 0.0126. The maximum atomic E-state index is 12.6. The van der Waals surface area contributed by atoms with Crippen LogP contribution in [0.4, 0.5) is 0 Å². The Bertz CT molecular complexity index is 342. The quantitative estimate of drug-likeness (QED) is 0.323. The van der Waals surface area contributed by atoms with Crippen LogP contribution >= 0.6 is 0 Å². The number of amidine groups is 1. The van der Waals surface area contributed by atoms with E-state index in [0.29, 0.717) is 45.1 Å². The lowest BCUT2D eigenvalue weighted by Crippen LogP contribution is -2.58. The minimum atomic E-state index is -0.779. The Balaban J connectivity index is 2.13. The van der Waals surface area contributed by atoms with E-state index in [1.165, 1.54) is 0 Å². The number of amides is 1. The summed E-state index contributed by atoms with van der Waals surface area (Å²) in [5.41, 5.74) is 4.96. The summed E-state index contributed by atoms with van der Waals surface area (Å²) in [6.07, 6.45) is 2.17. The predicted molar refractivity (Wildman–Crippen MR) is 66.3 cm³/mol. The molecule has 0 aromatic heterocycles. The number of hydrogen-bond acceptors (Lipinski definition) is 4. The van der Waals surface area contributed by atoms with E-state index in [4.69, 9.17) is 15.7 Å². The van der Waals surface area contributed by atoms with Gasteiger partial charge < -0.3 is 20.6 Å². The van der Waals surface area contributed by atoms with Gasteiger partial charge in [0.25, 0.3) is 0 Å². The minimum Gasteiger partial charge on any atom is -0.409 e. The van der Waals surface area contributed by atoms with Gasteiger partial charge in [0, 0.05) is 19.7 Å². The van der Waals surface area contributed by atoms with Gasteiger partial charge in [-0.3, -0.25) is 4.79 Å². The van der Waals surface area contributed by atoms with Gasteiger partial charge in [-0.2, -0.15) is 0 Å². The highest BCUT2D eigenvalue weighted by Crippen LogP contribution is 2.47. The topological polar surface area (TPSA) is 88.2 Å². The van der Waals surface area contributed by atoms with Gasteiger partial charge in [-0.15, -0.1) is 0 Å². The van der Waals surface area contributed by atoms with E-state index in [-0.39, 0.29) is 11.7 Å². The highest BCUT2D eigenvalue weighted by molar-refractivity contribution is 6.07. The Hall–Kier alpha value is -1.30. The Kier molecular flexibility index (Phi) is 3.75. The normalized spacial score (nSPS) is 33.7. The van der Waals surface area contributed by atoms with Crippen molar-refractivity contribution in [2.24, 2.45) is 22.2 Å². The van der Waals surface area contributed by atoms with Crippen molar-refractivity contribution >= 4 is 11.7 Å². The standard InChI is InChI=1S/C12H21N3O3/c1-9-7-12(8-9,10(13)14-17)11(16)15-3-2-5-18-6-4-15/h9,17H,2-8H2,1H3,(H2,13,14). The Labute approximate surface area is 107 Å². The van der Waals surface area contributed by atoms with Crippen LogP contribution in [0.15, 0.2) is 5.16 Å². The summed E-state index contributed by atoms with van der Waals surface area (Å²) in [6, 6.07) is 0. The van der Waals surface area contributed by atoms with Gasteiger partial charge in [0.05, 0.1) is 6.61 Å². The molecule has 0 unspecified atom stereocenters. The summed E-state index contributed by atoms with van der Waals surface area (Å²) in [5.74, 6) is 0.481. The number of carbonyl (C=O) groups is 1. The lowest BCUT2D eigenvalue weighted by molar-refractivity contribution is -0.144. The molecule has 0 radical (unpaired) electrons. The Morgan fingerprint density at radius 2 is 2.17 bits per heavy atom. The molecule has 1 saturated carbocycles. The van der Waals surface area contributed by atoms with Gasteiger partial charge in [-0.05, 0) is 25.2 Å². The SMILES string of the molecule is CC1CC(C(=O)N2CCCOCC2)(C(N)=NO)C1. The fourth-order valence-corrected chi connectivity index (χ4v) is 2.97. The Morgan fingerprint density at radius 3 is 2.78 bits per heavy atom.